The molecule has 2 aromatic heterocycles. The van der Waals surface area contributed by atoms with Crippen molar-refractivity contribution in [3.63, 3.8) is 0 Å². The molecule has 3 heterocycles. The molecule has 1 unspecified atom stereocenters. The quantitative estimate of drug-likeness (QED) is 0.379. The van der Waals surface area contributed by atoms with Gasteiger partial charge in [-0.15, -0.1) is 0 Å². The molecule has 9 heteroatoms. The molecule has 0 spiro atoms. The maximum Gasteiger partial charge on any atom is 0.340 e. The van der Waals surface area contributed by atoms with Gasteiger partial charge in [-0.2, -0.15) is 13.9 Å². The summed E-state index contributed by atoms with van der Waals surface area (Å²) in [5, 5.41) is 4.26. The standard InChI is InChI=1S/C24H20ClF2N5O/c1-24(26,27)31-11-15(10-30-31)14-4-6-17(18(25)8-14)22-21(13-2-3-13)23(33)32(22)16-5-7-19-20(9-16)29-12-28-19/h4-13,21-22H,2-3H2,1H3,(H,28,29)/t21?,22-/m1/s1. The number of amides is 1. The van der Waals surface area contributed by atoms with E-state index in [4.69, 9.17) is 11.6 Å². The monoisotopic (exact) mass is 467 g/mol. The van der Waals surface area contributed by atoms with Crippen molar-refractivity contribution in [2.24, 2.45) is 11.8 Å². The van der Waals surface area contributed by atoms with E-state index in [-0.39, 0.29) is 17.9 Å². The summed E-state index contributed by atoms with van der Waals surface area (Å²) in [6, 6.07) is 7.97. The van der Waals surface area contributed by atoms with E-state index in [1.807, 2.05) is 30.3 Å². The number of H-pyrrole nitrogens is 1. The van der Waals surface area contributed by atoms with Crippen LogP contribution in [-0.2, 0) is 10.8 Å². The van der Waals surface area contributed by atoms with E-state index in [1.165, 1.54) is 12.4 Å². The highest BCUT2D eigenvalue weighted by Gasteiger charge is 2.55. The predicted molar refractivity (Wildman–Crippen MR) is 121 cm³/mol. The van der Waals surface area contributed by atoms with E-state index in [0.29, 0.717) is 26.7 Å². The smallest absolute Gasteiger partial charge is 0.340 e. The van der Waals surface area contributed by atoms with E-state index in [2.05, 4.69) is 15.1 Å². The zero-order chi connectivity index (χ0) is 22.9. The van der Waals surface area contributed by atoms with Gasteiger partial charge in [-0.05, 0) is 54.2 Å². The molecule has 0 bridgehead atoms. The summed E-state index contributed by atoms with van der Waals surface area (Å²) in [7, 11) is 0. The zero-order valence-corrected chi connectivity index (χ0v) is 18.4. The summed E-state index contributed by atoms with van der Waals surface area (Å²) in [5.74, 6) is 0.363. The van der Waals surface area contributed by atoms with Gasteiger partial charge in [0.15, 0.2) is 0 Å². The van der Waals surface area contributed by atoms with Gasteiger partial charge in [-0.25, -0.2) is 9.67 Å². The largest absolute Gasteiger partial charge is 0.345 e. The SMILES string of the molecule is CC(F)(F)n1cc(-c2ccc([C@@H]3C(C4CC4)C(=O)N3c3ccc4[nH]cnc4c3)c(Cl)c2)cn1. The number of rotatable bonds is 5. The molecule has 1 aliphatic heterocycles. The third-order valence-corrected chi connectivity index (χ3v) is 6.92. The molecule has 1 amide bonds. The Morgan fingerprint density at radius 3 is 2.67 bits per heavy atom. The number of β-lactam (4-membered cyclic amide) rings is 1. The first-order valence-electron chi connectivity index (χ1n) is 10.8. The number of alkyl halides is 2. The first-order valence-corrected chi connectivity index (χ1v) is 11.2. The summed E-state index contributed by atoms with van der Waals surface area (Å²) in [6.45, 7) is 0.792. The summed E-state index contributed by atoms with van der Waals surface area (Å²) in [6.07, 6.45) is 6.41. The molecule has 2 atom stereocenters. The molecule has 168 valence electrons. The van der Waals surface area contributed by atoms with Crippen LogP contribution in [0.15, 0.2) is 55.1 Å². The molecule has 1 saturated heterocycles. The predicted octanol–water partition coefficient (Wildman–Crippen LogP) is 5.76. The third-order valence-electron chi connectivity index (χ3n) is 6.59. The average Bonchev–Trinajstić information content (AvgIpc) is 3.25. The fourth-order valence-electron chi connectivity index (χ4n) is 4.75. The minimum atomic E-state index is -3.08. The number of carbonyl (C=O) groups excluding carboxylic acids is 1. The maximum absolute atomic E-state index is 13.6. The molecule has 2 fully saturated rings. The topological polar surface area (TPSA) is 66.8 Å². The molecule has 1 aliphatic carbocycles. The van der Waals surface area contributed by atoms with E-state index in [1.54, 1.807) is 17.3 Å². The molecular weight excluding hydrogens is 448 g/mol. The highest BCUT2D eigenvalue weighted by atomic mass is 35.5. The van der Waals surface area contributed by atoms with Crippen molar-refractivity contribution in [3.05, 3.63) is 65.7 Å². The van der Waals surface area contributed by atoms with Crippen molar-refractivity contribution < 1.29 is 13.6 Å². The molecule has 0 radical (unpaired) electrons. The second-order valence-electron chi connectivity index (χ2n) is 8.87. The Balaban J connectivity index is 1.37. The maximum atomic E-state index is 13.6. The first-order chi connectivity index (χ1) is 15.8. The first kappa shape index (κ1) is 20.4. The lowest BCUT2D eigenvalue weighted by Gasteiger charge is -2.48. The van der Waals surface area contributed by atoms with Crippen molar-refractivity contribution in [2.45, 2.75) is 31.9 Å². The molecule has 2 aromatic carbocycles. The number of aromatic nitrogens is 4. The molecule has 6 nitrogen and oxygen atoms in total. The number of fused-ring (bicyclic) bond motifs is 1. The fraction of sp³-hybridized carbons (Fsp3) is 0.292. The van der Waals surface area contributed by atoms with Gasteiger partial charge in [0, 0.05) is 29.4 Å². The van der Waals surface area contributed by atoms with Crippen LogP contribution in [0, 0.1) is 11.8 Å². The molecular formula is C24H20ClF2N5O. The van der Waals surface area contributed by atoms with Gasteiger partial charge in [-0.1, -0.05) is 23.7 Å². The lowest BCUT2D eigenvalue weighted by molar-refractivity contribution is -0.131. The van der Waals surface area contributed by atoms with Crippen LogP contribution in [0.5, 0.6) is 0 Å². The average molecular weight is 468 g/mol. The lowest BCUT2D eigenvalue weighted by atomic mass is 9.78. The van der Waals surface area contributed by atoms with Gasteiger partial charge >= 0.3 is 6.05 Å². The van der Waals surface area contributed by atoms with Crippen LogP contribution in [0.25, 0.3) is 22.2 Å². The van der Waals surface area contributed by atoms with Gasteiger partial charge in [0.25, 0.3) is 0 Å². The zero-order valence-electron chi connectivity index (χ0n) is 17.7. The normalized spacial score (nSPS) is 21.0. The Morgan fingerprint density at radius 2 is 1.97 bits per heavy atom. The Kier molecular flexibility index (Phi) is 4.39. The van der Waals surface area contributed by atoms with Crippen LogP contribution in [0.1, 0.15) is 31.4 Å². The van der Waals surface area contributed by atoms with Crippen LogP contribution < -0.4 is 4.90 Å². The fourth-order valence-corrected chi connectivity index (χ4v) is 5.04. The van der Waals surface area contributed by atoms with Crippen LogP contribution in [0.4, 0.5) is 14.5 Å². The number of benzene rings is 2. The van der Waals surface area contributed by atoms with Gasteiger partial charge in [0.2, 0.25) is 5.91 Å². The minimum Gasteiger partial charge on any atom is -0.345 e. The van der Waals surface area contributed by atoms with Crippen molar-refractivity contribution in [1.29, 1.82) is 0 Å². The van der Waals surface area contributed by atoms with E-state index < -0.39 is 6.05 Å². The Morgan fingerprint density at radius 1 is 1.15 bits per heavy atom. The highest BCUT2D eigenvalue weighted by Crippen LogP contribution is 2.55. The number of nitrogens with one attached hydrogen (secondary N) is 1. The van der Waals surface area contributed by atoms with E-state index >= 15 is 0 Å². The summed E-state index contributed by atoms with van der Waals surface area (Å²) in [5.41, 5.74) is 4.58. The number of hydrogen-bond acceptors (Lipinski definition) is 3. The van der Waals surface area contributed by atoms with E-state index in [9.17, 15) is 13.6 Å². The second kappa shape index (κ2) is 7.12. The summed E-state index contributed by atoms with van der Waals surface area (Å²) in [4.78, 5) is 22.3. The van der Waals surface area contributed by atoms with Crippen molar-refractivity contribution in [1.82, 2.24) is 19.7 Å². The molecule has 4 aromatic rings. The second-order valence-corrected chi connectivity index (χ2v) is 9.28. The van der Waals surface area contributed by atoms with E-state index in [0.717, 1.165) is 42.0 Å². The Hall–Kier alpha value is -3.26. The number of hydrogen-bond donors (Lipinski definition) is 1. The lowest BCUT2D eigenvalue weighted by Crippen LogP contribution is -2.56. The molecule has 1 saturated carbocycles. The summed E-state index contributed by atoms with van der Waals surface area (Å²) < 4.78 is 27.7. The van der Waals surface area contributed by atoms with Crippen molar-refractivity contribution in [3.8, 4) is 11.1 Å². The molecule has 2 aliphatic rings. The minimum absolute atomic E-state index is 0.101. The van der Waals surface area contributed by atoms with Crippen molar-refractivity contribution >= 4 is 34.2 Å². The molecule has 6 rings (SSSR count). The number of carbonyl (C=O) groups is 1. The van der Waals surface area contributed by atoms with Crippen LogP contribution in [0.3, 0.4) is 0 Å². The number of anilines is 1. The number of imidazole rings is 1. The number of halogens is 3. The molecule has 1 N–H and O–H groups in total. The van der Waals surface area contributed by atoms with Gasteiger partial charge in [0.1, 0.15) is 0 Å². The van der Waals surface area contributed by atoms with Gasteiger partial charge in [-0.3, -0.25) is 4.79 Å². The van der Waals surface area contributed by atoms with Crippen molar-refractivity contribution in [2.75, 3.05) is 4.90 Å². The van der Waals surface area contributed by atoms with Crippen LogP contribution in [-0.4, -0.2) is 25.7 Å². The van der Waals surface area contributed by atoms with Crippen LogP contribution in [0.2, 0.25) is 5.02 Å². The Labute approximate surface area is 193 Å². The number of nitrogens with zero attached hydrogens (tertiary/aromatic N) is 4. The Bertz CT molecular complexity index is 1390. The van der Waals surface area contributed by atoms with Gasteiger partial charge in [0.05, 0.1) is 35.5 Å². The third kappa shape index (κ3) is 3.31. The van der Waals surface area contributed by atoms with Gasteiger partial charge < -0.3 is 9.88 Å². The highest BCUT2D eigenvalue weighted by molar-refractivity contribution is 6.32. The number of aromatic amines is 1. The van der Waals surface area contributed by atoms with Crippen LogP contribution >= 0.6 is 11.6 Å². The summed E-state index contributed by atoms with van der Waals surface area (Å²) >= 11 is 6.72. The molecule has 33 heavy (non-hydrogen) atoms.